The van der Waals surface area contributed by atoms with Crippen LogP contribution in [0.4, 0.5) is 0 Å². The number of carbonyl (C=O) groups is 1. The van der Waals surface area contributed by atoms with Gasteiger partial charge in [-0.3, -0.25) is 9.69 Å². The fourth-order valence-electron chi connectivity index (χ4n) is 3.28. The number of nitrogens with one attached hydrogen (secondary N) is 1. The molecule has 1 saturated heterocycles. The van der Waals surface area contributed by atoms with Gasteiger partial charge in [-0.2, -0.15) is 0 Å². The van der Waals surface area contributed by atoms with E-state index in [1.54, 1.807) is 0 Å². The van der Waals surface area contributed by atoms with Crippen LogP contribution in [0.1, 0.15) is 31.2 Å². The van der Waals surface area contributed by atoms with Gasteiger partial charge in [-0.05, 0) is 56.3 Å². The van der Waals surface area contributed by atoms with Gasteiger partial charge >= 0.3 is 0 Å². The molecule has 5 heteroatoms. The number of hydrogen-bond donors (Lipinski definition) is 1. The van der Waals surface area contributed by atoms with Gasteiger partial charge in [0, 0.05) is 13.1 Å². The molecule has 0 atom stereocenters. The third kappa shape index (κ3) is 3.73. The minimum Gasteiger partial charge on any atom is -0.489 e. The molecule has 0 aromatic heterocycles. The van der Waals surface area contributed by atoms with Crippen molar-refractivity contribution in [1.29, 1.82) is 0 Å². The van der Waals surface area contributed by atoms with E-state index in [9.17, 15) is 4.79 Å². The minimum atomic E-state index is 0.220. The Morgan fingerprint density at radius 3 is 2.82 bits per heavy atom. The van der Waals surface area contributed by atoms with Crippen molar-refractivity contribution in [3.05, 3.63) is 28.8 Å². The maximum atomic E-state index is 10.3. The lowest BCUT2D eigenvalue weighted by Crippen LogP contribution is -2.39. The standard InChI is InChI=1S/C17H23ClN2O2/c18-17-14(11-20-6-1-2-7-20)4-3-5-16(17)22-15-8-13(9-15)10-19-12-21/h3-5,12-13,15H,1-2,6-11H2,(H,19,21). The second-order valence-electron chi connectivity index (χ2n) is 6.32. The van der Waals surface area contributed by atoms with Gasteiger partial charge in [0.1, 0.15) is 5.75 Å². The summed E-state index contributed by atoms with van der Waals surface area (Å²) in [5, 5.41) is 3.48. The number of hydrogen-bond acceptors (Lipinski definition) is 3. The maximum Gasteiger partial charge on any atom is 0.207 e. The molecule has 0 radical (unpaired) electrons. The Morgan fingerprint density at radius 2 is 2.09 bits per heavy atom. The largest absolute Gasteiger partial charge is 0.489 e. The molecule has 1 aliphatic carbocycles. The number of carbonyl (C=O) groups excluding carboxylic acids is 1. The van der Waals surface area contributed by atoms with Gasteiger partial charge in [0.05, 0.1) is 11.1 Å². The summed E-state index contributed by atoms with van der Waals surface area (Å²) in [5.41, 5.74) is 1.15. The number of ether oxygens (including phenoxy) is 1. The number of amides is 1. The molecule has 0 spiro atoms. The first-order chi connectivity index (χ1) is 10.8. The Balaban J connectivity index is 1.54. The van der Waals surface area contributed by atoms with Crippen molar-refractivity contribution in [2.24, 2.45) is 5.92 Å². The summed E-state index contributed by atoms with van der Waals surface area (Å²) in [5.74, 6) is 1.33. The van der Waals surface area contributed by atoms with Gasteiger partial charge in [-0.25, -0.2) is 0 Å². The van der Waals surface area contributed by atoms with Crippen LogP contribution < -0.4 is 10.1 Å². The van der Waals surface area contributed by atoms with Crippen LogP contribution in [-0.4, -0.2) is 37.0 Å². The molecular weight excluding hydrogens is 300 g/mol. The van der Waals surface area contributed by atoms with Gasteiger partial charge in [0.15, 0.2) is 0 Å². The quantitative estimate of drug-likeness (QED) is 0.785. The molecule has 1 N–H and O–H groups in total. The van der Waals surface area contributed by atoms with E-state index in [0.29, 0.717) is 5.92 Å². The Kier molecular flexibility index (Phi) is 5.21. The van der Waals surface area contributed by atoms with Crippen LogP contribution in [0.25, 0.3) is 0 Å². The molecule has 2 aliphatic rings. The molecule has 1 aromatic carbocycles. The molecule has 2 fully saturated rings. The Labute approximate surface area is 136 Å². The van der Waals surface area contributed by atoms with Crippen molar-refractivity contribution in [2.45, 2.75) is 38.3 Å². The summed E-state index contributed by atoms with van der Waals surface area (Å²) < 4.78 is 6.03. The highest BCUT2D eigenvalue weighted by Crippen LogP contribution is 2.35. The molecule has 0 unspecified atom stereocenters. The van der Waals surface area contributed by atoms with Crippen molar-refractivity contribution >= 4 is 18.0 Å². The van der Waals surface area contributed by atoms with E-state index in [2.05, 4.69) is 16.3 Å². The first-order valence-electron chi connectivity index (χ1n) is 8.09. The molecule has 1 amide bonds. The second kappa shape index (κ2) is 7.34. The average molecular weight is 323 g/mol. The van der Waals surface area contributed by atoms with E-state index in [0.717, 1.165) is 61.8 Å². The van der Waals surface area contributed by atoms with E-state index in [1.807, 2.05) is 12.1 Å². The topological polar surface area (TPSA) is 41.6 Å². The highest BCUT2D eigenvalue weighted by Gasteiger charge is 2.31. The van der Waals surface area contributed by atoms with Gasteiger partial charge in [0.25, 0.3) is 0 Å². The Hall–Kier alpha value is -1.26. The summed E-state index contributed by atoms with van der Waals surface area (Å²) in [4.78, 5) is 12.7. The van der Waals surface area contributed by atoms with Crippen LogP contribution in [-0.2, 0) is 11.3 Å². The predicted molar refractivity (Wildman–Crippen MR) is 87.2 cm³/mol. The van der Waals surface area contributed by atoms with Crippen LogP contribution in [0.15, 0.2) is 18.2 Å². The highest BCUT2D eigenvalue weighted by molar-refractivity contribution is 6.32. The first-order valence-corrected chi connectivity index (χ1v) is 8.47. The summed E-state index contributed by atoms with van der Waals surface area (Å²) in [6, 6.07) is 6.06. The zero-order chi connectivity index (χ0) is 15.4. The lowest BCUT2D eigenvalue weighted by molar-refractivity contribution is -0.110. The number of nitrogens with zero attached hydrogens (tertiary/aromatic N) is 1. The van der Waals surface area contributed by atoms with Crippen LogP contribution in [0, 0.1) is 5.92 Å². The molecule has 1 aromatic rings. The minimum absolute atomic E-state index is 0.220. The van der Waals surface area contributed by atoms with Gasteiger partial charge < -0.3 is 10.1 Å². The fraction of sp³-hybridized carbons (Fsp3) is 0.588. The summed E-state index contributed by atoms with van der Waals surface area (Å²) in [7, 11) is 0. The van der Waals surface area contributed by atoms with Crippen LogP contribution in [0.2, 0.25) is 5.02 Å². The highest BCUT2D eigenvalue weighted by atomic mass is 35.5. The van der Waals surface area contributed by atoms with Gasteiger partial charge in [0.2, 0.25) is 6.41 Å². The molecule has 1 heterocycles. The number of rotatable bonds is 7. The summed E-state index contributed by atoms with van der Waals surface area (Å²) in [6.45, 7) is 3.98. The summed E-state index contributed by atoms with van der Waals surface area (Å²) in [6.07, 6.45) is 5.50. The average Bonchev–Trinajstić information content (AvgIpc) is 2.98. The maximum absolute atomic E-state index is 10.3. The third-order valence-electron chi connectivity index (χ3n) is 4.61. The molecular formula is C17H23ClN2O2. The van der Waals surface area contributed by atoms with Crippen molar-refractivity contribution in [3.8, 4) is 5.75 Å². The lowest BCUT2D eigenvalue weighted by Gasteiger charge is -2.35. The van der Waals surface area contributed by atoms with Gasteiger partial charge in [-0.15, -0.1) is 0 Å². The molecule has 3 rings (SSSR count). The smallest absolute Gasteiger partial charge is 0.207 e. The van der Waals surface area contributed by atoms with Crippen molar-refractivity contribution in [1.82, 2.24) is 10.2 Å². The van der Waals surface area contributed by atoms with Crippen molar-refractivity contribution < 1.29 is 9.53 Å². The van der Waals surface area contributed by atoms with Crippen LogP contribution in [0.3, 0.4) is 0 Å². The lowest BCUT2D eigenvalue weighted by atomic mass is 9.82. The molecule has 1 aliphatic heterocycles. The Morgan fingerprint density at radius 1 is 1.32 bits per heavy atom. The number of likely N-dealkylation sites (tertiary alicyclic amines) is 1. The van der Waals surface area contributed by atoms with E-state index < -0.39 is 0 Å². The Bertz CT molecular complexity index is 511. The van der Waals surface area contributed by atoms with Gasteiger partial charge in [-0.1, -0.05) is 23.7 Å². The van der Waals surface area contributed by atoms with Crippen molar-refractivity contribution in [3.63, 3.8) is 0 Å². The van der Waals surface area contributed by atoms with Crippen molar-refractivity contribution in [2.75, 3.05) is 19.6 Å². The first kappa shape index (κ1) is 15.6. The SMILES string of the molecule is O=CNCC1CC(Oc2cccc(CN3CCCC3)c2Cl)C1. The molecule has 4 nitrogen and oxygen atoms in total. The molecule has 22 heavy (non-hydrogen) atoms. The molecule has 0 bridgehead atoms. The van der Waals surface area contributed by atoms with E-state index in [4.69, 9.17) is 16.3 Å². The van der Waals surface area contributed by atoms with E-state index in [1.165, 1.54) is 12.8 Å². The normalized spacial score (nSPS) is 24.8. The van der Waals surface area contributed by atoms with Crippen LogP contribution in [0.5, 0.6) is 5.75 Å². The fourth-order valence-corrected chi connectivity index (χ4v) is 3.51. The van der Waals surface area contributed by atoms with Crippen LogP contribution >= 0.6 is 11.6 Å². The zero-order valence-corrected chi connectivity index (χ0v) is 13.5. The second-order valence-corrected chi connectivity index (χ2v) is 6.69. The predicted octanol–water partition coefficient (Wildman–Crippen LogP) is 2.84. The van der Waals surface area contributed by atoms with E-state index in [-0.39, 0.29) is 6.10 Å². The number of halogens is 1. The zero-order valence-electron chi connectivity index (χ0n) is 12.8. The van der Waals surface area contributed by atoms with E-state index >= 15 is 0 Å². The molecule has 1 saturated carbocycles. The summed E-state index contributed by atoms with van der Waals surface area (Å²) >= 11 is 6.52. The molecule has 120 valence electrons. The number of benzene rings is 1. The monoisotopic (exact) mass is 322 g/mol. The third-order valence-corrected chi connectivity index (χ3v) is 5.04.